The summed E-state index contributed by atoms with van der Waals surface area (Å²) in [4.78, 5) is 4.24. The van der Waals surface area contributed by atoms with E-state index in [4.69, 9.17) is 0 Å². The average molecular weight is 310 g/mol. The summed E-state index contributed by atoms with van der Waals surface area (Å²) in [6.45, 7) is 4.24. The van der Waals surface area contributed by atoms with Crippen LogP contribution in [0.5, 0.6) is 0 Å². The summed E-state index contributed by atoms with van der Waals surface area (Å²) in [6, 6.07) is 8.49. The van der Waals surface area contributed by atoms with Gasteiger partial charge in [-0.1, -0.05) is 23.9 Å². The van der Waals surface area contributed by atoms with E-state index in [9.17, 15) is 0 Å². The number of benzene rings is 1. The molecule has 0 saturated heterocycles. The molecule has 2 aromatic rings. The highest BCUT2D eigenvalue weighted by Gasteiger charge is 2.13. The standard InChI is InChI=1S/C17H18N4S/c1-11-6-7-19-9-15(11)14-5-4-13(8-12(14)2)16-10-22-17(18-3)21-20-16/h4-9H,10H2,1-3H3,(H,18,21). The van der Waals surface area contributed by atoms with E-state index in [1.54, 1.807) is 11.8 Å². The SMILES string of the molecule is CNC1=NN=C(c2ccc(-c3cnccc3C)c(C)c2)CS1. The summed E-state index contributed by atoms with van der Waals surface area (Å²) in [6.07, 6.45) is 3.75. The third-order valence-electron chi connectivity index (χ3n) is 3.71. The zero-order valence-electron chi connectivity index (χ0n) is 12.9. The van der Waals surface area contributed by atoms with Gasteiger partial charge in [-0.2, -0.15) is 5.10 Å². The Morgan fingerprint density at radius 2 is 1.91 bits per heavy atom. The fraction of sp³-hybridized carbons (Fsp3) is 0.235. The van der Waals surface area contributed by atoms with Crippen LogP contribution in [0.15, 0.2) is 46.9 Å². The highest BCUT2D eigenvalue weighted by Crippen LogP contribution is 2.27. The molecule has 112 valence electrons. The van der Waals surface area contributed by atoms with Crippen molar-refractivity contribution in [2.45, 2.75) is 13.8 Å². The maximum Gasteiger partial charge on any atom is 0.183 e. The van der Waals surface area contributed by atoms with Crippen LogP contribution in [0.2, 0.25) is 0 Å². The van der Waals surface area contributed by atoms with Crippen molar-refractivity contribution in [1.82, 2.24) is 10.3 Å². The van der Waals surface area contributed by atoms with Crippen LogP contribution in [-0.4, -0.2) is 28.7 Å². The lowest BCUT2D eigenvalue weighted by Crippen LogP contribution is -2.20. The molecule has 22 heavy (non-hydrogen) atoms. The summed E-state index contributed by atoms with van der Waals surface area (Å²) in [5.41, 5.74) is 7.01. The molecule has 1 N–H and O–H groups in total. The van der Waals surface area contributed by atoms with Gasteiger partial charge in [0.05, 0.1) is 5.71 Å². The van der Waals surface area contributed by atoms with Gasteiger partial charge in [0.15, 0.2) is 5.17 Å². The molecule has 1 aliphatic heterocycles. The maximum absolute atomic E-state index is 4.32. The molecule has 0 bridgehead atoms. The molecule has 1 aromatic heterocycles. The van der Waals surface area contributed by atoms with Gasteiger partial charge in [0.2, 0.25) is 0 Å². The zero-order chi connectivity index (χ0) is 15.5. The van der Waals surface area contributed by atoms with Crippen LogP contribution < -0.4 is 5.32 Å². The lowest BCUT2D eigenvalue weighted by Gasteiger charge is -2.14. The smallest absolute Gasteiger partial charge is 0.183 e. The number of nitrogens with zero attached hydrogens (tertiary/aromatic N) is 3. The Hall–Kier alpha value is -2.14. The Morgan fingerprint density at radius 1 is 1.05 bits per heavy atom. The molecule has 4 nitrogen and oxygen atoms in total. The molecule has 0 atom stereocenters. The molecule has 0 aliphatic carbocycles. The minimum atomic E-state index is 0.838. The minimum absolute atomic E-state index is 0.838. The van der Waals surface area contributed by atoms with Crippen LogP contribution in [0, 0.1) is 13.8 Å². The van der Waals surface area contributed by atoms with Crippen LogP contribution >= 0.6 is 11.8 Å². The van der Waals surface area contributed by atoms with Crippen molar-refractivity contribution < 1.29 is 0 Å². The van der Waals surface area contributed by atoms with Crippen molar-refractivity contribution >= 4 is 22.6 Å². The number of nitrogens with one attached hydrogen (secondary N) is 1. The predicted octanol–water partition coefficient (Wildman–Crippen LogP) is 3.39. The number of aromatic nitrogens is 1. The molecule has 3 rings (SSSR count). The Kier molecular flexibility index (Phi) is 4.24. The summed E-state index contributed by atoms with van der Waals surface area (Å²) >= 11 is 1.67. The summed E-state index contributed by atoms with van der Waals surface area (Å²) < 4.78 is 0. The first-order chi connectivity index (χ1) is 10.7. The third-order valence-corrected chi connectivity index (χ3v) is 4.69. The Bertz CT molecular complexity index is 765. The normalized spacial score (nSPS) is 14.3. The first-order valence-corrected chi connectivity index (χ1v) is 8.14. The van der Waals surface area contributed by atoms with Gasteiger partial charge < -0.3 is 5.32 Å². The summed E-state index contributed by atoms with van der Waals surface area (Å²) in [5, 5.41) is 12.4. The quantitative estimate of drug-likeness (QED) is 0.925. The van der Waals surface area contributed by atoms with Gasteiger partial charge in [-0.25, -0.2) is 0 Å². The van der Waals surface area contributed by atoms with Crippen LogP contribution in [0.4, 0.5) is 0 Å². The first-order valence-electron chi connectivity index (χ1n) is 7.16. The van der Waals surface area contributed by atoms with Gasteiger partial charge in [0.25, 0.3) is 0 Å². The number of aryl methyl sites for hydroxylation is 2. The van der Waals surface area contributed by atoms with Crippen molar-refractivity contribution in [1.29, 1.82) is 0 Å². The fourth-order valence-electron chi connectivity index (χ4n) is 2.45. The molecule has 0 unspecified atom stereocenters. The second kappa shape index (κ2) is 6.32. The van der Waals surface area contributed by atoms with E-state index in [0.717, 1.165) is 22.2 Å². The fourth-order valence-corrected chi connectivity index (χ4v) is 3.20. The van der Waals surface area contributed by atoms with E-state index in [1.165, 1.54) is 22.3 Å². The average Bonchev–Trinajstić information content (AvgIpc) is 2.56. The largest absolute Gasteiger partial charge is 0.366 e. The van der Waals surface area contributed by atoms with Crippen molar-refractivity contribution in [3.05, 3.63) is 53.3 Å². The minimum Gasteiger partial charge on any atom is -0.366 e. The van der Waals surface area contributed by atoms with E-state index in [2.05, 4.69) is 52.6 Å². The van der Waals surface area contributed by atoms with E-state index >= 15 is 0 Å². The van der Waals surface area contributed by atoms with Crippen LogP contribution in [0.25, 0.3) is 11.1 Å². The van der Waals surface area contributed by atoms with Gasteiger partial charge >= 0.3 is 0 Å². The molecule has 0 radical (unpaired) electrons. The molecule has 0 fully saturated rings. The van der Waals surface area contributed by atoms with Gasteiger partial charge in [-0.15, -0.1) is 5.10 Å². The number of hydrogen-bond donors (Lipinski definition) is 1. The molecule has 1 aromatic carbocycles. The molecule has 2 heterocycles. The number of thioether (sulfide) groups is 1. The highest BCUT2D eigenvalue weighted by molar-refractivity contribution is 8.14. The lowest BCUT2D eigenvalue weighted by atomic mass is 9.96. The Labute approximate surface area is 134 Å². The topological polar surface area (TPSA) is 49.6 Å². The van der Waals surface area contributed by atoms with Crippen molar-refractivity contribution in [3.63, 3.8) is 0 Å². The third kappa shape index (κ3) is 2.90. The van der Waals surface area contributed by atoms with E-state index in [1.807, 2.05) is 25.5 Å². The predicted molar refractivity (Wildman–Crippen MR) is 94.6 cm³/mol. The molecular formula is C17H18N4S. The molecular weight excluding hydrogens is 292 g/mol. The Balaban J connectivity index is 1.95. The monoisotopic (exact) mass is 310 g/mol. The molecule has 0 spiro atoms. The summed E-state index contributed by atoms with van der Waals surface area (Å²) in [5.74, 6) is 0.838. The zero-order valence-corrected chi connectivity index (χ0v) is 13.7. The van der Waals surface area contributed by atoms with Gasteiger partial charge in [-0.3, -0.25) is 4.98 Å². The van der Waals surface area contributed by atoms with Gasteiger partial charge in [-0.05, 0) is 48.2 Å². The number of amidine groups is 1. The molecule has 0 amide bonds. The number of rotatable bonds is 2. The molecule has 0 saturated carbocycles. The van der Waals surface area contributed by atoms with Crippen molar-refractivity contribution in [3.8, 4) is 11.1 Å². The number of hydrogen-bond acceptors (Lipinski definition) is 5. The van der Waals surface area contributed by atoms with Crippen LogP contribution in [0.1, 0.15) is 16.7 Å². The number of pyridine rings is 1. The summed E-state index contributed by atoms with van der Waals surface area (Å²) in [7, 11) is 1.86. The molecule has 1 aliphatic rings. The highest BCUT2D eigenvalue weighted by atomic mass is 32.2. The lowest BCUT2D eigenvalue weighted by molar-refractivity contribution is 1.13. The molecule has 5 heteroatoms. The van der Waals surface area contributed by atoms with E-state index < -0.39 is 0 Å². The van der Waals surface area contributed by atoms with Crippen LogP contribution in [-0.2, 0) is 0 Å². The maximum atomic E-state index is 4.32. The van der Waals surface area contributed by atoms with Crippen molar-refractivity contribution in [2.24, 2.45) is 10.2 Å². The van der Waals surface area contributed by atoms with Gasteiger partial charge in [0.1, 0.15) is 0 Å². The van der Waals surface area contributed by atoms with E-state index in [0.29, 0.717) is 0 Å². The van der Waals surface area contributed by atoms with Gasteiger partial charge in [0, 0.05) is 30.8 Å². The second-order valence-electron chi connectivity index (χ2n) is 5.21. The second-order valence-corrected chi connectivity index (χ2v) is 6.17. The first kappa shape index (κ1) is 14.8. The van der Waals surface area contributed by atoms with E-state index in [-0.39, 0.29) is 0 Å². The van der Waals surface area contributed by atoms with Crippen LogP contribution in [0.3, 0.4) is 0 Å². The van der Waals surface area contributed by atoms with Crippen molar-refractivity contribution in [2.75, 3.05) is 12.8 Å². The Morgan fingerprint density at radius 3 is 2.55 bits per heavy atom.